The molecule has 0 amide bonds. The SMILES string of the molecule is N#Cc1cn[nH]c1CC(c1ccccc1)(c1ccccc1)c1ccccc1. The number of hydrogen-bond acceptors (Lipinski definition) is 2. The van der Waals surface area contributed by atoms with Gasteiger partial charge in [0, 0.05) is 6.42 Å². The summed E-state index contributed by atoms with van der Waals surface area (Å²) < 4.78 is 0. The zero-order valence-corrected chi connectivity index (χ0v) is 14.8. The van der Waals surface area contributed by atoms with Crippen molar-refractivity contribution in [2.45, 2.75) is 11.8 Å². The third kappa shape index (κ3) is 3.02. The molecular formula is C24H19N3. The van der Waals surface area contributed by atoms with E-state index < -0.39 is 5.41 Å². The highest BCUT2D eigenvalue weighted by molar-refractivity contribution is 5.52. The molecule has 0 aliphatic heterocycles. The molecule has 3 nitrogen and oxygen atoms in total. The Morgan fingerprint density at radius 2 is 1.19 bits per heavy atom. The minimum absolute atomic E-state index is 0.429. The molecule has 27 heavy (non-hydrogen) atoms. The third-order valence-electron chi connectivity index (χ3n) is 5.08. The summed E-state index contributed by atoms with van der Waals surface area (Å²) in [7, 11) is 0. The molecule has 1 heterocycles. The molecule has 130 valence electrons. The van der Waals surface area contributed by atoms with Crippen LogP contribution in [0.25, 0.3) is 0 Å². The first-order chi connectivity index (χ1) is 13.3. The van der Waals surface area contributed by atoms with Crippen molar-refractivity contribution in [3.8, 4) is 6.07 Å². The molecule has 1 N–H and O–H groups in total. The van der Waals surface area contributed by atoms with Crippen molar-refractivity contribution >= 4 is 0 Å². The van der Waals surface area contributed by atoms with Crippen LogP contribution in [-0.4, -0.2) is 10.2 Å². The lowest BCUT2D eigenvalue weighted by molar-refractivity contribution is 0.601. The molecule has 4 rings (SSSR count). The smallest absolute Gasteiger partial charge is 0.103 e. The van der Waals surface area contributed by atoms with Crippen LogP contribution in [0.4, 0.5) is 0 Å². The number of benzene rings is 3. The van der Waals surface area contributed by atoms with Gasteiger partial charge in [0.15, 0.2) is 0 Å². The van der Waals surface area contributed by atoms with Crippen LogP contribution in [0.2, 0.25) is 0 Å². The van der Waals surface area contributed by atoms with Gasteiger partial charge < -0.3 is 0 Å². The Morgan fingerprint density at radius 1 is 0.741 bits per heavy atom. The number of nitrogens with one attached hydrogen (secondary N) is 1. The molecule has 0 spiro atoms. The van der Waals surface area contributed by atoms with Gasteiger partial charge in [0.25, 0.3) is 0 Å². The van der Waals surface area contributed by atoms with Crippen molar-refractivity contribution in [2.75, 3.05) is 0 Å². The van der Waals surface area contributed by atoms with Gasteiger partial charge in [-0.2, -0.15) is 10.4 Å². The molecule has 3 heteroatoms. The normalized spacial score (nSPS) is 11.1. The van der Waals surface area contributed by atoms with E-state index in [0.717, 1.165) is 5.69 Å². The van der Waals surface area contributed by atoms with Crippen LogP contribution >= 0.6 is 0 Å². The van der Waals surface area contributed by atoms with Crippen LogP contribution in [0.15, 0.2) is 97.2 Å². The van der Waals surface area contributed by atoms with Crippen molar-refractivity contribution in [3.63, 3.8) is 0 Å². The lowest BCUT2D eigenvalue weighted by Gasteiger charge is -2.36. The maximum absolute atomic E-state index is 9.51. The Morgan fingerprint density at radius 3 is 1.59 bits per heavy atom. The average molecular weight is 349 g/mol. The predicted octanol–water partition coefficient (Wildman–Crippen LogP) is 4.86. The Labute approximate surface area is 158 Å². The molecule has 0 aliphatic rings. The number of aromatic amines is 1. The molecule has 1 aromatic heterocycles. The molecule has 0 aliphatic carbocycles. The lowest BCUT2D eigenvalue weighted by Crippen LogP contribution is -2.32. The van der Waals surface area contributed by atoms with Crippen LogP contribution in [0, 0.1) is 11.3 Å². The van der Waals surface area contributed by atoms with Gasteiger partial charge in [0.05, 0.1) is 22.9 Å². The van der Waals surface area contributed by atoms with Gasteiger partial charge in [-0.1, -0.05) is 91.0 Å². The highest BCUT2D eigenvalue weighted by atomic mass is 15.1. The molecule has 0 bridgehead atoms. The first kappa shape index (κ1) is 16.8. The van der Waals surface area contributed by atoms with Gasteiger partial charge in [0.1, 0.15) is 6.07 Å². The summed E-state index contributed by atoms with van der Waals surface area (Å²) in [5, 5.41) is 16.7. The zero-order valence-electron chi connectivity index (χ0n) is 14.8. The number of nitrogens with zero attached hydrogens (tertiary/aromatic N) is 2. The van der Waals surface area contributed by atoms with Gasteiger partial charge in [0.2, 0.25) is 0 Å². The standard InChI is InChI=1S/C24H19N3/c25-17-19-18-26-27-23(19)16-24(20-10-4-1-5-11-20,21-12-6-2-7-13-21)22-14-8-3-9-15-22/h1-15,18H,16H2,(H,26,27). The highest BCUT2D eigenvalue weighted by Gasteiger charge is 2.37. The third-order valence-corrected chi connectivity index (χ3v) is 5.08. The van der Waals surface area contributed by atoms with E-state index in [9.17, 15) is 5.26 Å². The number of nitriles is 1. The van der Waals surface area contributed by atoms with Crippen molar-refractivity contribution in [2.24, 2.45) is 0 Å². The Kier molecular flexibility index (Phi) is 4.55. The molecule has 0 saturated carbocycles. The van der Waals surface area contributed by atoms with E-state index in [1.54, 1.807) is 6.20 Å². The first-order valence-corrected chi connectivity index (χ1v) is 8.93. The van der Waals surface area contributed by atoms with E-state index in [-0.39, 0.29) is 0 Å². The Hall–Kier alpha value is -3.64. The largest absolute Gasteiger partial charge is 0.281 e. The van der Waals surface area contributed by atoms with Crippen LogP contribution in [0.1, 0.15) is 27.9 Å². The van der Waals surface area contributed by atoms with Gasteiger partial charge in [-0.15, -0.1) is 0 Å². The van der Waals surface area contributed by atoms with Crippen molar-refractivity contribution in [1.29, 1.82) is 5.26 Å². The van der Waals surface area contributed by atoms with Crippen LogP contribution in [-0.2, 0) is 11.8 Å². The van der Waals surface area contributed by atoms with E-state index >= 15 is 0 Å². The van der Waals surface area contributed by atoms with E-state index in [4.69, 9.17) is 0 Å². The van der Waals surface area contributed by atoms with Crippen molar-refractivity contribution < 1.29 is 0 Å². The molecular weight excluding hydrogens is 330 g/mol. The predicted molar refractivity (Wildman–Crippen MR) is 106 cm³/mol. The topological polar surface area (TPSA) is 52.5 Å². The van der Waals surface area contributed by atoms with Gasteiger partial charge in [-0.3, -0.25) is 5.10 Å². The summed E-state index contributed by atoms with van der Waals surface area (Å²) in [5.41, 5.74) is 4.54. The number of hydrogen-bond donors (Lipinski definition) is 1. The average Bonchev–Trinajstić information content (AvgIpc) is 3.21. The van der Waals surface area contributed by atoms with Crippen molar-refractivity contribution in [1.82, 2.24) is 10.2 Å². The van der Waals surface area contributed by atoms with Gasteiger partial charge in [-0.25, -0.2) is 0 Å². The number of aromatic nitrogens is 2. The van der Waals surface area contributed by atoms with Gasteiger partial charge in [-0.05, 0) is 16.7 Å². The fourth-order valence-electron chi connectivity index (χ4n) is 3.78. The molecule has 0 unspecified atom stereocenters. The summed E-state index contributed by atoms with van der Waals surface area (Å²) >= 11 is 0. The quantitative estimate of drug-likeness (QED) is 0.523. The second-order valence-corrected chi connectivity index (χ2v) is 6.55. The summed E-state index contributed by atoms with van der Waals surface area (Å²) in [4.78, 5) is 0. The Bertz CT molecular complexity index is 948. The molecule has 0 fully saturated rings. The minimum Gasteiger partial charge on any atom is -0.281 e. The van der Waals surface area contributed by atoms with Crippen molar-refractivity contribution in [3.05, 3.63) is 125 Å². The molecule has 0 atom stereocenters. The van der Waals surface area contributed by atoms with E-state index in [1.807, 2.05) is 18.2 Å². The van der Waals surface area contributed by atoms with E-state index in [2.05, 4.69) is 89.1 Å². The lowest BCUT2D eigenvalue weighted by atomic mass is 9.66. The van der Waals surface area contributed by atoms with Crippen LogP contribution in [0.3, 0.4) is 0 Å². The molecule has 3 aromatic carbocycles. The fraction of sp³-hybridized carbons (Fsp3) is 0.0833. The fourth-order valence-corrected chi connectivity index (χ4v) is 3.78. The maximum atomic E-state index is 9.51. The second-order valence-electron chi connectivity index (χ2n) is 6.55. The minimum atomic E-state index is -0.429. The number of H-pyrrole nitrogens is 1. The summed E-state index contributed by atoms with van der Waals surface area (Å²) in [6.07, 6.45) is 2.22. The maximum Gasteiger partial charge on any atom is 0.103 e. The van der Waals surface area contributed by atoms with Crippen LogP contribution in [0.5, 0.6) is 0 Å². The molecule has 4 aromatic rings. The Balaban J connectivity index is 2.02. The summed E-state index contributed by atoms with van der Waals surface area (Å²) in [6.45, 7) is 0. The number of rotatable bonds is 5. The van der Waals surface area contributed by atoms with Crippen LogP contribution < -0.4 is 0 Å². The highest BCUT2D eigenvalue weighted by Crippen LogP contribution is 2.42. The van der Waals surface area contributed by atoms with E-state index in [0.29, 0.717) is 12.0 Å². The molecule has 0 radical (unpaired) electrons. The van der Waals surface area contributed by atoms with Gasteiger partial charge >= 0.3 is 0 Å². The first-order valence-electron chi connectivity index (χ1n) is 8.93. The zero-order chi connectivity index (χ0) is 18.5. The monoisotopic (exact) mass is 349 g/mol. The molecule has 0 saturated heterocycles. The summed E-state index contributed by atoms with van der Waals surface area (Å²) in [6, 6.07) is 33.7. The summed E-state index contributed by atoms with van der Waals surface area (Å²) in [5.74, 6) is 0. The van der Waals surface area contributed by atoms with E-state index in [1.165, 1.54) is 16.7 Å². The second kappa shape index (κ2) is 7.31.